The van der Waals surface area contributed by atoms with E-state index in [1.165, 1.54) is 5.56 Å². The van der Waals surface area contributed by atoms with Gasteiger partial charge in [-0.25, -0.2) is 0 Å². The molecule has 1 fully saturated rings. The SMILES string of the molecule is Cc1ccc([C@@H]2CN(C(=O)c3ccccc3C)C[C@H]2C(=O)NCc2ccccn2)cc1. The molecule has 0 radical (unpaired) electrons. The van der Waals surface area contributed by atoms with E-state index >= 15 is 0 Å². The molecule has 1 N–H and O–H groups in total. The topological polar surface area (TPSA) is 62.3 Å². The van der Waals surface area contributed by atoms with Crippen LogP contribution >= 0.6 is 0 Å². The number of benzene rings is 2. The minimum absolute atomic E-state index is 0.0183. The molecule has 158 valence electrons. The third kappa shape index (κ3) is 4.66. The molecule has 5 nitrogen and oxygen atoms in total. The summed E-state index contributed by atoms with van der Waals surface area (Å²) in [5, 5.41) is 3.02. The number of rotatable bonds is 5. The smallest absolute Gasteiger partial charge is 0.254 e. The number of carbonyl (C=O) groups excluding carboxylic acids is 2. The lowest BCUT2D eigenvalue weighted by Crippen LogP contribution is -2.35. The maximum absolute atomic E-state index is 13.2. The highest BCUT2D eigenvalue weighted by Crippen LogP contribution is 2.34. The Labute approximate surface area is 183 Å². The van der Waals surface area contributed by atoms with E-state index in [1.54, 1.807) is 6.20 Å². The lowest BCUT2D eigenvalue weighted by Gasteiger charge is -2.18. The Balaban J connectivity index is 1.56. The Bertz CT molecular complexity index is 1060. The number of likely N-dealkylation sites (tertiary alicyclic amines) is 1. The first kappa shape index (κ1) is 20.8. The molecule has 1 aromatic heterocycles. The Kier molecular flexibility index (Phi) is 6.12. The second-order valence-corrected chi connectivity index (χ2v) is 8.19. The molecule has 3 aromatic rings. The van der Waals surface area contributed by atoms with Crippen molar-refractivity contribution in [1.29, 1.82) is 0 Å². The van der Waals surface area contributed by atoms with Crippen molar-refractivity contribution in [3.8, 4) is 0 Å². The highest BCUT2D eigenvalue weighted by atomic mass is 16.2. The first-order valence-corrected chi connectivity index (χ1v) is 10.6. The molecule has 1 aliphatic heterocycles. The van der Waals surface area contributed by atoms with Gasteiger partial charge < -0.3 is 10.2 Å². The van der Waals surface area contributed by atoms with Gasteiger partial charge in [0.1, 0.15) is 0 Å². The van der Waals surface area contributed by atoms with Gasteiger partial charge >= 0.3 is 0 Å². The Hall–Kier alpha value is -3.47. The number of amides is 2. The summed E-state index contributed by atoms with van der Waals surface area (Å²) in [5.41, 5.74) is 4.71. The average molecular weight is 414 g/mol. The molecule has 2 amide bonds. The molecular weight excluding hydrogens is 386 g/mol. The third-order valence-electron chi connectivity index (χ3n) is 5.99. The molecule has 0 bridgehead atoms. The Morgan fingerprint density at radius 2 is 1.71 bits per heavy atom. The number of carbonyl (C=O) groups is 2. The standard InChI is InChI=1S/C26H27N3O2/c1-18-10-12-20(13-11-18)23-16-29(26(31)22-9-4-3-7-19(22)2)17-24(23)25(30)28-15-21-8-5-6-14-27-21/h3-14,23-24H,15-17H2,1-2H3,(H,28,30)/t23-,24+/m0/s1. The van der Waals surface area contributed by atoms with Gasteiger partial charge in [0, 0.05) is 30.8 Å². The van der Waals surface area contributed by atoms with Crippen LogP contribution in [0.3, 0.4) is 0 Å². The second kappa shape index (κ2) is 9.13. The van der Waals surface area contributed by atoms with E-state index in [0.717, 1.165) is 16.8 Å². The van der Waals surface area contributed by atoms with Gasteiger partial charge in [-0.3, -0.25) is 14.6 Å². The fourth-order valence-corrected chi connectivity index (χ4v) is 4.18. The van der Waals surface area contributed by atoms with E-state index in [4.69, 9.17) is 0 Å². The van der Waals surface area contributed by atoms with Gasteiger partial charge in [0.2, 0.25) is 5.91 Å². The summed E-state index contributed by atoms with van der Waals surface area (Å²) in [4.78, 5) is 32.5. The van der Waals surface area contributed by atoms with E-state index in [2.05, 4.69) is 34.6 Å². The van der Waals surface area contributed by atoms with E-state index in [-0.39, 0.29) is 23.7 Å². The van der Waals surface area contributed by atoms with E-state index in [0.29, 0.717) is 25.2 Å². The molecule has 0 unspecified atom stereocenters. The van der Waals surface area contributed by atoms with Crippen LogP contribution in [0.5, 0.6) is 0 Å². The first-order chi connectivity index (χ1) is 15.0. The molecule has 2 atom stereocenters. The van der Waals surface area contributed by atoms with Crippen molar-refractivity contribution < 1.29 is 9.59 Å². The molecular formula is C26H27N3O2. The molecule has 4 rings (SSSR count). The van der Waals surface area contributed by atoms with Crippen molar-refractivity contribution in [1.82, 2.24) is 15.2 Å². The zero-order valence-corrected chi connectivity index (χ0v) is 17.9. The summed E-state index contributed by atoms with van der Waals surface area (Å²) in [6.45, 7) is 5.29. The third-order valence-corrected chi connectivity index (χ3v) is 5.99. The summed E-state index contributed by atoms with van der Waals surface area (Å²) in [7, 11) is 0. The number of hydrogen-bond acceptors (Lipinski definition) is 3. The fraction of sp³-hybridized carbons (Fsp3) is 0.269. The van der Waals surface area contributed by atoms with Gasteiger partial charge in [-0.15, -0.1) is 0 Å². The minimum Gasteiger partial charge on any atom is -0.350 e. The maximum atomic E-state index is 13.2. The number of nitrogens with zero attached hydrogens (tertiary/aromatic N) is 2. The van der Waals surface area contributed by atoms with Crippen LogP contribution in [0.4, 0.5) is 0 Å². The molecule has 2 heterocycles. The number of aryl methyl sites for hydroxylation is 2. The Morgan fingerprint density at radius 3 is 2.42 bits per heavy atom. The molecule has 1 saturated heterocycles. The van der Waals surface area contributed by atoms with Crippen LogP contribution in [0.2, 0.25) is 0 Å². The van der Waals surface area contributed by atoms with Crippen molar-refractivity contribution in [2.24, 2.45) is 5.92 Å². The van der Waals surface area contributed by atoms with E-state index in [9.17, 15) is 9.59 Å². The van der Waals surface area contributed by atoms with Gasteiger partial charge in [-0.05, 0) is 43.2 Å². The quantitative estimate of drug-likeness (QED) is 0.691. The lowest BCUT2D eigenvalue weighted by molar-refractivity contribution is -0.125. The zero-order valence-electron chi connectivity index (χ0n) is 17.9. The normalized spacial score (nSPS) is 18.1. The van der Waals surface area contributed by atoms with Crippen molar-refractivity contribution in [2.45, 2.75) is 26.3 Å². The molecule has 2 aromatic carbocycles. The highest BCUT2D eigenvalue weighted by Gasteiger charge is 2.40. The largest absolute Gasteiger partial charge is 0.350 e. The summed E-state index contributed by atoms with van der Waals surface area (Å²) in [6.07, 6.45) is 1.72. The van der Waals surface area contributed by atoms with Crippen LogP contribution in [-0.2, 0) is 11.3 Å². The fourth-order valence-electron chi connectivity index (χ4n) is 4.18. The van der Waals surface area contributed by atoms with Gasteiger partial charge in [0.05, 0.1) is 18.2 Å². The molecule has 0 spiro atoms. The molecule has 31 heavy (non-hydrogen) atoms. The number of hydrogen-bond donors (Lipinski definition) is 1. The van der Waals surface area contributed by atoms with Crippen molar-refractivity contribution in [3.05, 3.63) is 101 Å². The predicted octanol–water partition coefficient (Wildman–Crippen LogP) is 3.87. The zero-order chi connectivity index (χ0) is 21.8. The van der Waals surface area contributed by atoms with E-state index < -0.39 is 0 Å². The monoisotopic (exact) mass is 413 g/mol. The number of aromatic nitrogens is 1. The molecule has 0 saturated carbocycles. The van der Waals surface area contributed by atoms with E-state index in [1.807, 2.05) is 61.2 Å². The summed E-state index contributed by atoms with van der Waals surface area (Å²) >= 11 is 0. The van der Waals surface area contributed by atoms with Crippen LogP contribution in [0, 0.1) is 19.8 Å². The second-order valence-electron chi connectivity index (χ2n) is 8.19. The van der Waals surface area contributed by atoms with Crippen molar-refractivity contribution >= 4 is 11.8 Å². The number of nitrogens with one attached hydrogen (secondary N) is 1. The van der Waals surface area contributed by atoms with Gasteiger partial charge in [-0.2, -0.15) is 0 Å². The van der Waals surface area contributed by atoms with Gasteiger partial charge in [-0.1, -0.05) is 54.1 Å². The van der Waals surface area contributed by atoms with Crippen LogP contribution in [0.25, 0.3) is 0 Å². The summed E-state index contributed by atoms with van der Waals surface area (Å²) < 4.78 is 0. The van der Waals surface area contributed by atoms with Gasteiger partial charge in [0.25, 0.3) is 5.91 Å². The van der Waals surface area contributed by atoms with Crippen molar-refractivity contribution in [2.75, 3.05) is 13.1 Å². The van der Waals surface area contributed by atoms with Crippen LogP contribution in [0.15, 0.2) is 72.9 Å². The summed E-state index contributed by atoms with van der Waals surface area (Å²) in [6, 6.07) is 21.5. The molecule has 5 heteroatoms. The van der Waals surface area contributed by atoms with Crippen LogP contribution < -0.4 is 5.32 Å². The maximum Gasteiger partial charge on any atom is 0.254 e. The van der Waals surface area contributed by atoms with Crippen LogP contribution in [0.1, 0.15) is 38.7 Å². The van der Waals surface area contributed by atoms with Gasteiger partial charge in [0.15, 0.2) is 0 Å². The number of pyridine rings is 1. The first-order valence-electron chi connectivity index (χ1n) is 10.6. The molecule has 1 aliphatic rings. The lowest BCUT2D eigenvalue weighted by atomic mass is 9.88. The molecule has 0 aliphatic carbocycles. The summed E-state index contributed by atoms with van der Waals surface area (Å²) in [5.74, 6) is -0.414. The minimum atomic E-state index is -0.306. The highest BCUT2D eigenvalue weighted by molar-refractivity contribution is 5.96. The Morgan fingerprint density at radius 1 is 0.968 bits per heavy atom. The average Bonchev–Trinajstić information content (AvgIpc) is 3.24. The van der Waals surface area contributed by atoms with Crippen LogP contribution in [-0.4, -0.2) is 34.8 Å². The predicted molar refractivity (Wildman–Crippen MR) is 121 cm³/mol. The van der Waals surface area contributed by atoms with Crippen molar-refractivity contribution in [3.63, 3.8) is 0 Å².